The Bertz CT molecular complexity index is 856. The van der Waals surface area contributed by atoms with Crippen LogP contribution in [-0.2, 0) is 19.4 Å². The van der Waals surface area contributed by atoms with Gasteiger partial charge in [0.1, 0.15) is 5.75 Å². The molecule has 4 nitrogen and oxygen atoms in total. The third-order valence-electron chi connectivity index (χ3n) is 4.26. The van der Waals surface area contributed by atoms with Crippen LogP contribution >= 0.6 is 11.6 Å². The van der Waals surface area contributed by atoms with E-state index in [0.717, 1.165) is 35.4 Å². The summed E-state index contributed by atoms with van der Waals surface area (Å²) in [5.74, 6) is 0.263. The van der Waals surface area contributed by atoms with Gasteiger partial charge in [-0.3, -0.25) is 4.68 Å². The van der Waals surface area contributed by atoms with E-state index in [-0.39, 0.29) is 5.75 Å². The zero-order valence-electron chi connectivity index (χ0n) is 14.2. The van der Waals surface area contributed by atoms with E-state index in [1.807, 2.05) is 41.1 Å². The van der Waals surface area contributed by atoms with Crippen LogP contribution in [0, 0.1) is 0 Å². The minimum absolute atomic E-state index is 0.263. The highest BCUT2D eigenvalue weighted by atomic mass is 35.5. The zero-order valence-corrected chi connectivity index (χ0v) is 15.0. The van der Waals surface area contributed by atoms with Crippen molar-refractivity contribution in [3.8, 4) is 17.0 Å². The second-order valence-corrected chi connectivity index (χ2v) is 6.44. The summed E-state index contributed by atoms with van der Waals surface area (Å²) in [7, 11) is 0. The fourth-order valence-electron chi connectivity index (χ4n) is 3.12. The molecule has 1 heterocycles. The predicted octanol–water partition coefficient (Wildman–Crippen LogP) is 4.02. The van der Waals surface area contributed by atoms with E-state index in [1.165, 1.54) is 5.56 Å². The summed E-state index contributed by atoms with van der Waals surface area (Å²) in [5, 5.41) is 15.3. The highest BCUT2D eigenvalue weighted by molar-refractivity contribution is 6.30. The number of halogens is 1. The lowest BCUT2D eigenvalue weighted by Gasteiger charge is -2.08. The van der Waals surface area contributed by atoms with Crippen LogP contribution in [0.5, 0.6) is 5.75 Å². The molecule has 5 heteroatoms. The number of benzene rings is 2. The van der Waals surface area contributed by atoms with Crippen LogP contribution in [-0.4, -0.2) is 21.4 Å². The summed E-state index contributed by atoms with van der Waals surface area (Å²) in [6, 6.07) is 15.0. The molecule has 3 N–H and O–H groups in total. The van der Waals surface area contributed by atoms with Crippen molar-refractivity contribution in [3.63, 3.8) is 0 Å². The lowest BCUT2D eigenvalue weighted by atomic mass is 10.0. The second kappa shape index (κ2) is 7.72. The van der Waals surface area contributed by atoms with Crippen molar-refractivity contribution in [1.29, 1.82) is 0 Å². The summed E-state index contributed by atoms with van der Waals surface area (Å²) >= 11 is 6.02. The van der Waals surface area contributed by atoms with Crippen molar-refractivity contribution in [3.05, 3.63) is 70.4 Å². The fourth-order valence-corrected chi connectivity index (χ4v) is 3.25. The van der Waals surface area contributed by atoms with E-state index in [2.05, 4.69) is 6.92 Å². The molecule has 0 aliphatic carbocycles. The predicted molar refractivity (Wildman–Crippen MR) is 102 cm³/mol. The first-order valence-electron chi connectivity index (χ1n) is 8.44. The molecule has 25 heavy (non-hydrogen) atoms. The van der Waals surface area contributed by atoms with Crippen molar-refractivity contribution in [2.24, 2.45) is 5.73 Å². The van der Waals surface area contributed by atoms with Gasteiger partial charge in [0.25, 0.3) is 0 Å². The number of hydrogen-bond acceptors (Lipinski definition) is 3. The lowest BCUT2D eigenvalue weighted by Crippen LogP contribution is -2.12. The maximum Gasteiger partial charge on any atom is 0.115 e. The maximum absolute atomic E-state index is 9.71. The van der Waals surface area contributed by atoms with Gasteiger partial charge >= 0.3 is 0 Å². The first-order valence-corrected chi connectivity index (χ1v) is 8.82. The SMILES string of the molecule is CCc1c(-c2ccc(Cl)cc2)nn(Cc2cccc(O)c2)c1CCN. The molecule has 0 saturated carbocycles. The Morgan fingerprint density at radius 3 is 2.56 bits per heavy atom. The minimum atomic E-state index is 0.263. The van der Waals surface area contributed by atoms with Gasteiger partial charge in [-0.25, -0.2) is 0 Å². The van der Waals surface area contributed by atoms with E-state index in [9.17, 15) is 5.11 Å². The topological polar surface area (TPSA) is 64.1 Å². The van der Waals surface area contributed by atoms with Crippen LogP contribution in [0.3, 0.4) is 0 Å². The molecule has 0 fully saturated rings. The summed E-state index contributed by atoms with van der Waals surface area (Å²) in [5.41, 5.74) is 11.2. The number of nitrogens with zero attached hydrogens (tertiary/aromatic N) is 2. The summed E-state index contributed by atoms with van der Waals surface area (Å²) in [4.78, 5) is 0. The average molecular weight is 356 g/mol. The van der Waals surface area contributed by atoms with E-state index >= 15 is 0 Å². The van der Waals surface area contributed by atoms with E-state index in [4.69, 9.17) is 22.4 Å². The molecular weight excluding hydrogens is 334 g/mol. The molecule has 0 radical (unpaired) electrons. The van der Waals surface area contributed by atoms with E-state index in [0.29, 0.717) is 18.1 Å². The van der Waals surface area contributed by atoms with Crippen molar-refractivity contribution >= 4 is 11.6 Å². The molecule has 0 bridgehead atoms. The molecule has 0 aliphatic heterocycles. The number of aromatic hydroxyl groups is 1. The number of phenols is 1. The van der Waals surface area contributed by atoms with Crippen LogP contribution in [0.2, 0.25) is 5.02 Å². The van der Waals surface area contributed by atoms with Crippen LogP contribution in [0.1, 0.15) is 23.7 Å². The molecule has 1 aromatic heterocycles. The fraction of sp³-hybridized carbons (Fsp3) is 0.250. The van der Waals surface area contributed by atoms with Gasteiger partial charge in [0.05, 0.1) is 12.2 Å². The first-order chi connectivity index (χ1) is 12.1. The van der Waals surface area contributed by atoms with Gasteiger partial charge in [-0.05, 0) is 42.8 Å². The Balaban J connectivity index is 2.06. The highest BCUT2D eigenvalue weighted by Gasteiger charge is 2.17. The molecule has 0 saturated heterocycles. The smallest absolute Gasteiger partial charge is 0.115 e. The third kappa shape index (κ3) is 3.86. The van der Waals surface area contributed by atoms with Crippen molar-refractivity contribution in [1.82, 2.24) is 9.78 Å². The van der Waals surface area contributed by atoms with Gasteiger partial charge in [0.2, 0.25) is 0 Å². The van der Waals surface area contributed by atoms with Gasteiger partial charge in [-0.15, -0.1) is 0 Å². The number of aromatic nitrogens is 2. The molecule has 0 atom stereocenters. The van der Waals surface area contributed by atoms with Gasteiger partial charge < -0.3 is 10.8 Å². The van der Waals surface area contributed by atoms with E-state index in [1.54, 1.807) is 12.1 Å². The van der Waals surface area contributed by atoms with Crippen LogP contribution < -0.4 is 5.73 Å². The quantitative estimate of drug-likeness (QED) is 0.701. The molecule has 0 unspecified atom stereocenters. The zero-order chi connectivity index (χ0) is 17.8. The maximum atomic E-state index is 9.71. The Hall–Kier alpha value is -2.30. The van der Waals surface area contributed by atoms with Crippen molar-refractivity contribution in [2.75, 3.05) is 6.54 Å². The van der Waals surface area contributed by atoms with E-state index < -0.39 is 0 Å². The minimum Gasteiger partial charge on any atom is -0.508 e. The molecule has 3 rings (SSSR count). The second-order valence-electron chi connectivity index (χ2n) is 6.00. The number of nitrogens with two attached hydrogens (primary N) is 1. The van der Waals surface area contributed by atoms with Gasteiger partial charge in [-0.2, -0.15) is 5.10 Å². The molecule has 0 amide bonds. The number of phenolic OH excluding ortho intramolecular Hbond substituents is 1. The number of rotatable bonds is 6. The van der Waals surface area contributed by atoms with Crippen molar-refractivity contribution in [2.45, 2.75) is 26.3 Å². The Morgan fingerprint density at radius 1 is 1.16 bits per heavy atom. The third-order valence-corrected chi connectivity index (χ3v) is 4.51. The Kier molecular flexibility index (Phi) is 5.41. The summed E-state index contributed by atoms with van der Waals surface area (Å²) in [6.07, 6.45) is 1.65. The van der Waals surface area contributed by atoms with Crippen LogP contribution in [0.4, 0.5) is 0 Å². The Labute approximate surface area is 152 Å². The van der Waals surface area contributed by atoms with Crippen molar-refractivity contribution < 1.29 is 5.11 Å². The van der Waals surface area contributed by atoms with Gasteiger partial charge in [0, 0.05) is 28.3 Å². The first kappa shape index (κ1) is 17.5. The standard InChI is InChI=1S/C20H22ClN3O/c1-2-18-19(10-11-22)24(13-14-4-3-5-17(25)12-14)23-20(18)15-6-8-16(21)9-7-15/h3-9,12,25H,2,10-11,13,22H2,1H3. The monoisotopic (exact) mass is 355 g/mol. The van der Waals surface area contributed by atoms with Crippen LogP contribution in [0.15, 0.2) is 48.5 Å². The molecular formula is C20H22ClN3O. The normalized spacial score (nSPS) is 11.0. The Morgan fingerprint density at radius 2 is 1.92 bits per heavy atom. The molecule has 2 aromatic carbocycles. The molecule has 3 aromatic rings. The largest absolute Gasteiger partial charge is 0.508 e. The van der Waals surface area contributed by atoms with Gasteiger partial charge in [-0.1, -0.05) is 42.8 Å². The summed E-state index contributed by atoms with van der Waals surface area (Å²) < 4.78 is 2.00. The molecule has 0 aliphatic rings. The molecule has 130 valence electrons. The summed E-state index contributed by atoms with van der Waals surface area (Å²) in [6.45, 7) is 3.30. The van der Waals surface area contributed by atoms with Gasteiger partial charge in [0.15, 0.2) is 0 Å². The average Bonchev–Trinajstić information content (AvgIpc) is 2.93. The number of hydrogen-bond donors (Lipinski definition) is 2. The van der Waals surface area contributed by atoms with Crippen LogP contribution in [0.25, 0.3) is 11.3 Å². The lowest BCUT2D eigenvalue weighted by molar-refractivity contribution is 0.474. The molecule has 0 spiro atoms. The highest BCUT2D eigenvalue weighted by Crippen LogP contribution is 2.28.